The molecule has 0 heterocycles. The summed E-state index contributed by atoms with van der Waals surface area (Å²) in [6, 6.07) is 8.37. The van der Waals surface area contributed by atoms with Gasteiger partial charge in [-0.25, -0.2) is 0 Å². The first-order valence-corrected chi connectivity index (χ1v) is 7.56. The van der Waals surface area contributed by atoms with E-state index in [0.717, 1.165) is 23.4 Å². The molecule has 1 nitrogen and oxygen atoms in total. The van der Waals surface area contributed by atoms with Crippen LogP contribution in [0.15, 0.2) is 24.3 Å². The average Bonchev–Trinajstić information content (AvgIpc) is 2.42. The molecule has 2 rings (SSSR count). The number of hydrogen-bond acceptors (Lipinski definition) is 1. The van der Waals surface area contributed by atoms with Crippen LogP contribution in [0.2, 0.25) is 5.02 Å². The van der Waals surface area contributed by atoms with Crippen LogP contribution in [0.5, 0.6) is 0 Å². The van der Waals surface area contributed by atoms with Crippen molar-refractivity contribution in [2.45, 2.75) is 38.5 Å². The van der Waals surface area contributed by atoms with Crippen LogP contribution in [0.3, 0.4) is 0 Å². The van der Waals surface area contributed by atoms with Gasteiger partial charge >= 0.3 is 0 Å². The summed E-state index contributed by atoms with van der Waals surface area (Å²) in [5.74, 6) is 1.68. The molecule has 100 valence electrons. The summed E-state index contributed by atoms with van der Waals surface area (Å²) in [7, 11) is 2.07. The van der Waals surface area contributed by atoms with Gasteiger partial charge in [-0.15, -0.1) is 0 Å². The maximum Gasteiger partial charge on any atom is 0.0406 e. The number of nitrogens with one attached hydrogen (secondary N) is 1. The smallest absolute Gasteiger partial charge is 0.0406 e. The molecule has 1 aromatic carbocycles. The molecule has 1 aromatic rings. The molecule has 1 N–H and O–H groups in total. The van der Waals surface area contributed by atoms with Crippen LogP contribution in [0.4, 0.5) is 0 Å². The Morgan fingerprint density at radius 1 is 1.17 bits per heavy atom. The minimum Gasteiger partial charge on any atom is -0.319 e. The van der Waals surface area contributed by atoms with Gasteiger partial charge in [0.05, 0.1) is 0 Å². The first-order chi connectivity index (χ1) is 8.79. The topological polar surface area (TPSA) is 12.0 Å². The minimum atomic E-state index is 0.775. The van der Waals surface area contributed by atoms with Crippen molar-refractivity contribution in [1.29, 1.82) is 0 Å². The molecule has 2 heteroatoms. The van der Waals surface area contributed by atoms with Gasteiger partial charge in [0.1, 0.15) is 0 Å². The third-order valence-electron chi connectivity index (χ3n) is 4.19. The Hall–Kier alpha value is -0.530. The van der Waals surface area contributed by atoms with E-state index in [2.05, 4.69) is 24.5 Å². The van der Waals surface area contributed by atoms with E-state index >= 15 is 0 Å². The summed E-state index contributed by atoms with van der Waals surface area (Å²) in [6.07, 6.45) is 8.29. The number of rotatable bonds is 5. The Labute approximate surface area is 116 Å². The summed E-state index contributed by atoms with van der Waals surface area (Å²) >= 11 is 5.95. The van der Waals surface area contributed by atoms with E-state index in [0.29, 0.717) is 0 Å². The monoisotopic (exact) mass is 265 g/mol. The van der Waals surface area contributed by atoms with Crippen LogP contribution in [0.1, 0.15) is 37.7 Å². The molecule has 0 spiro atoms. The zero-order valence-corrected chi connectivity index (χ0v) is 12.0. The highest BCUT2D eigenvalue weighted by atomic mass is 35.5. The Balaban J connectivity index is 1.98. The van der Waals surface area contributed by atoms with Gasteiger partial charge in [-0.2, -0.15) is 0 Å². The molecule has 0 aliphatic heterocycles. The van der Waals surface area contributed by atoms with Crippen molar-refractivity contribution in [2.75, 3.05) is 13.6 Å². The molecule has 0 saturated heterocycles. The van der Waals surface area contributed by atoms with Gasteiger partial charge in [-0.3, -0.25) is 0 Å². The summed E-state index contributed by atoms with van der Waals surface area (Å²) in [4.78, 5) is 0. The zero-order valence-electron chi connectivity index (χ0n) is 11.3. The lowest BCUT2D eigenvalue weighted by atomic mass is 9.77. The van der Waals surface area contributed by atoms with Crippen LogP contribution in [-0.4, -0.2) is 13.6 Å². The van der Waals surface area contributed by atoms with E-state index in [1.165, 1.54) is 44.1 Å². The van der Waals surface area contributed by atoms with Gasteiger partial charge in [0.15, 0.2) is 0 Å². The fourth-order valence-electron chi connectivity index (χ4n) is 3.20. The fourth-order valence-corrected chi connectivity index (χ4v) is 3.32. The molecule has 0 radical (unpaired) electrons. The largest absolute Gasteiger partial charge is 0.319 e. The molecule has 1 unspecified atom stereocenters. The molecule has 0 bridgehead atoms. The number of hydrogen-bond donors (Lipinski definition) is 1. The van der Waals surface area contributed by atoms with Gasteiger partial charge in [-0.05, 0) is 49.5 Å². The minimum absolute atomic E-state index is 0.775. The Morgan fingerprint density at radius 2 is 1.83 bits per heavy atom. The van der Waals surface area contributed by atoms with Crippen molar-refractivity contribution in [3.05, 3.63) is 34.9 Å². The van der Waals surface area contributed by atoms with E-state index in [1.54, 1.807) is 0 Å². The maximum absolute atomic E-state index is 5.95. The second kappa shape index (κ2) is 7.16. The maximum atomic E-state index is 5.95. The predicted molar refractivity (Wildman–Crippen MR) is 79.1 cm³/mol. The van der Waals surface area contributed by atoms with Crippen molar-refractivity contribution < 1.29 is 0 Å². The Morgan fingerprint density at radius 3 is 2.44 bits per heavy atom. The van der Waals surface area contributed by atoms with Crippen LogP contribution in [0.25, 0.3) is 0 Å². The standard InChI is InChI=1S/C16H24ClN/c1-18-12-15(14-5-3-2-4-6-14)11-13-7-9-16(17)10-8-13/h7-10,14-15,18H,2-6,11-12H2,1H3. The van der Waals surface area contributed by atoms with Crippen molar-refractivity contribution in [3.8, 4) is 0 Å². The van der Waals surface area contributed by atoms with Crippen molar-refractivity contribution >= 4 is 11.6 Å². The van der Waals surface area contributed by atoms with E-state index in [4.69, 9.17) is 11.6 Å². The average molecular weight is 266 g/mol. The molecule has 0 aromatic heterocycles. The Bertz CT molecular complexity index is 341. The normalized spacial score (nSPS) is 18.8. The van der Waals surface area contributed by atoms with Crippen molar-refractivity contribution in [1.82, 2.24) is 5.32 Å². The zero-order chi connectivity index (χ0) is 12.8. The van der Waals surface area contributed by atoms with Gasteiger partial charge in [0.25, 0.3) is 0 Å². The SMILES string of the molecule is CNCC(Cc1ccc(Cl)cc1)C1CCCCC1. The Kier molecular flexibility index (Phi) is 5.52. The predicted octanol–water partition coefficient (Wildman–Crippen LogP) is 4.30. The highest BCUT2D eigenvalue weighted by Gasteiger charge is 2.23. The number of benzene rings is 1. The van der Waals surface area contributed by atoms with E-state index < -0.39 is 0 Å². The lowest BCUT2D eigenvalue weighted by molar-refractivity contribution is 0.243. The molecule has 1 aliphatic rings. The molecular formula is C16H24ClN. The molecular weight excluding hydrogens is 242 g/mol. The van der Waals surface area contributed by atoms with E-state index in [1.807, 2.05) is 12.1 Å². The van der Waals surface area contributed by atoms with Crippen LogP contribution < -0.4 is 5.32 Å². The summed E-state index contributed by atoms with van der Waals surface area (Å²) in [6.45, 7) is 1.13. The van der Waals surface area contributed by atoms with Crippen molar-refractivity contribution in [3.63, 3.8) is 0 Å². The van der Waals surface area contributed by atoms with Gasteiger partial charge in [-0.1, -0.05) is 55.8 Å². The number of halogens is 1. The first-order valence-electron chi connectivity index (χ1n) is 7.18. The molecule has 18 heavy (non-hydrogen) atoms. The van der Waals surface area contributed by atoms with Crippen molar-refractivity contribution in [2.24, 2.45) is 11.8 Å². The van der Waals surface area contributed by atoms with Gasteiger partial charge < -0.3 is 5.32 Å². The van der Waals surface area contributed by atoms with Gasteiger partial charge in [0, 0.05) is 5.02 Å². The second-order valence-electron chi connectivity index (χ2n) is 5.55. The van der Waals surface area contributed by atoms with Crippen LogP contribution in [-0.2, 0) is 6.42 Å². The van der Waals surface area contributed by atoms with Crippen LogP contribution in [0, 0.1) is 11.8 Å². The quantitative estimate of drug-likeness (QED) is 0.837. The highest BCUT2D eigenvalue weighted by molar-refractivity contribution is 6.30. The van der Waals surface area contributed by atoms with Crippen LogP contribution >= 0.6 is 11.6 Å². The summed E-state index contributed by atoms with van der Waals surface area (Å²) in [5, 5.41) is 4.21. The lowest BCUT2D eigenvalue weighted by Gasteiger charge is -2.30. The fraction of sp³-hybridized carbons (Fsp3) is 0.625. The molecule has 0 amide bonds. The molecule has 1 saturated carbocycles. The lowest BCUT2D eigenvalue weighted by Crippen LogP contribution is -2.29. The summed E-state index contributed by atoms with van der Waals surface area (Å²) < 4.78 is 0. The highest BCUT2D eigenvalue weighted by Crippen LogP contribution is 2.31. The third kappa shape index (κ3) is 4.00. The summed E-state index contributed by atoms with van der Waals surface area (Å²) in [5.41, 5.74) is 1.42. The van der Waals surface area contributed by atoms with Gasteiger partial charge in [0.2, 0.25) is 0 Å². The van der Waals surface area contributed by atoms with E-state index in [-0.39, 0.29) is 0 Å². The molecule has 1 aliphatic carbocycles. The second-order valence-corrected chi connectivity index (χ2v) is 5.98. The first kappa shape index (κ1) is 13.9. The third-order valence-corrected chi connectivity index (χ3v) is 4.45. The molecule has 1 atom stereocenters. The van der Waals surface area contributed by atoms with E-state index in [9.17, 15) is 0 Å². The molecule has 1 fully saturated rings.